The Hall–Kier alpha value is -4.68. The van der Waals surface area contributed by atoms with Crippen molar-refractivity contribution in [1.82, 2.24) is 9.55 Å². The molecular formula is C30H19N3. The molecule has 33 heavy (non-hydrogen) atoms. The van der Waals surface area contributed by atoms with E-state index in [4.69, 9.17) is 5.26 Å². The second-order valence-electron chi connectivity index (χ2n) is 8.01. The number of pyridine rings is 1. The molecular weight excluding hydrogens is 402 g/mol. The first-order chi connectivity index (χ1) is 16.3. The first kappa shape index (κ1) is 19.0. The summed E-state index contributed by atoms with van der Waals surface area (Å²) in [7, 11) is 0. The van der Waals surface area contributed by atoms with Crippen molar-refractivity contribution >= 4 is 21.8 Å². The van der Waals surface area contributed by atoms with Crippen LogP contribution in [0.4, 0.5) is 0 Å². The highest BCUT2D eigenvalue weighted by molar-refractivity contribution is 6.09. The predicted molar refractivity (Wildman–Crippen MR) is 134 cm³/mol. The smallest absolute Gasteiger partial charge is 0.140 e. The van der Waals surface area contributed by atoms with Crippen molar-refractivity contribution in [2.24, 2.45) is 0 Å². The first-order valence-corrected chi connectivity index (χ1v) is 10.9. The summed E-state index contributed by atoms with van der Waals surface area (Å²) in [6.45, 7) is 0. The molecule has 6 aromatic rings. The number of hydrogen-bond donors (Lipinski definition) is 0. The largest absolute Gasteiger partial charge is 0.309 e. The van der Waals surface area contributed by atoms with E-state index in [1.807, 2.05) is 12.1 Å². The lowest BCUT2D eigenvalue weighted by Crippen LogP contribution is -1.94. The van der Waals surface area contributed by atoms with Crippen LogP contribution in [0.1, 0.15) is 5.69 Å². The fourth-order valence-electron chi connectivity index (χ4n) is 4.62. The van der Waals surface area contributed by atoms with Gasteiger partial charge in [-0.3, -0.25) is 0 Å². The maximum Gasteiger partial charge on any atom is 0.140 e. The Balaban J connectivity index is 1.55. The minimum absolute atomic E-state index is 0.421. The predicted octanol–water partition coefficient (Wildman–Crippen LogP) is 7.38. The fourth-order valence-corrected chi connectivity index (χ4v) is 4.62. The number of nitrogens with zero attached hydrogens (tertiary/aromatic N) is 3. The van der Waals surface area contributed by atoms with Gasteiger partial charge < -0.3 is 4.57 Å². The fraction of sp³-hybridized carbons (Fsp3) is 0. The third-order valence-electron chi connectivity index (χ3n) is 6.11. The molecule has 2 heterocycles. The molecule has 0 saturated heterocycles. The SMILES string of the molecule is N#Cc1ccc(-c2ccccc2-c2cccc(-n3c4ccccc4c4ccccc43)c2)cn1. The van der Waals surface area contributed by atoms with Gasteiger partial charge in [0.2, 0.25) is 0 Å². The number of fused-ring (bicyclic) bond motifs is 3. The van der Waals surface area contributed by atoms with Crippen LogP contribution in [-0.4, -0.2) is 9.55 Å². The maximum atomic E-state index is 9.09. The third kappa shape index (κ3) is 3.17. The van der Waals surface area contributed by atoms with Crippen molar-refractivity contribution in [1.29, 1.82) is 5.26 Å². The van der Waals surface area contributed by atoms with Gasteiger partial charge in [0.25, 0.3) is 0 Å². The van der Waals surface area contributed by atoms with E-state index < -0.39 is 0 Å². The third-order valence-corrected chi connectivity index (χ3v) is 6.11. The number of rotatable bonds is 3. The van der Waals surface area contributed by atoms with E-state index in [1.165, 1.54) is 21.8 Å². The zero-order valence-electron chi connectivity index (χ0n) is 17.8. The lowest BCUT2D eigenvalue weighted by atomic mass is 9.95. The van der Waals surface area contributed by atoms with Crippen molar-refractivity contribution in [3.05, 3.63) is 121 Å². The van der Waals surface area contributed by atoms with Crippen molar-refractivity contribution in [2.45, 2.75) is 0 Å². The molecule has 0 aliphatic heterocycles. The summed E-state index contributed by atoms with van der Waals surface area (Å²) in [6.07, 6.45) is 1.77. The Bertz CT molecular complexity index is 1610. The zero-order valence-corrected chi connectivity index (χ0v) is 17.8. The molecule has 0 aliphatic carbocycles. The highest BCUT2D eigenvalue weighted by Crippen LogP contribution is 2.35. The first-order valence-electron chi connectivity index (χ1n) is 10.9. The van der Waals surface area contributed by atoms with Gasteiger partial charge in [-0.2, -0.15) is 5.26 Å². The molecule has 0 unspecified atom stereocenters. The molecule has 0 radical (unpaired) electrons. The van der Waals surface area contributed by atoms with Crippen LogP contribution in [0.3, 0.4) is 0 Å². The summed E-state index contributed by atoms with van der Waals surface area (Å²) in [6, 6.07) is 39.9. The van der Waals surface area contributed by atoms with Gasteiger partial charge in [-0.25, -0.2) is 4.98 Å². The number of aromatic nitrogens is 2. The van der Waals surface area contributed by atoms with Crippen LogP contribution >= 0.6 is 0 Å². The Morgan fingerprint density at radius 2 is 1.24 bits per heavy atom. The van der Waals surface area contributed by atoms with E-state index in [-0.39, 0.29) is 0 Å². The van der Waals surface area contributed by atoms with Gasteiger partial charge in [-0.05, 0) is 53.1 Å². The van der Waals surface area contributed by atoms with Crippen molar-refractivity contribution < 1.29 is 0 Å². The normalized spacial score (nSPS) is 11.0. The summed E-state index contributed by atoms with van der Waals surface area (Å²) in [5.41, 5.74) is 8.28. The Morgan fingerprint density at radius 3 is 1.88 bits per heavy atom. The Kier molecular flexibility index (Phi) is 4.49. The summed E-state index contributed by atoms with van der Waals surface area (Å²) >= 11 is 0. The highest BCUT2D eigenvalue weighted by atomic mass is 15.0. The van der Waals surface area contributed by atoms with Gasteiger partial charge in [0.05, 0.1) is 11.0 Å². The molecule has 6 rings (SSSR count). The molecule has 0 N–H and O–H groups in total. The van der Waals surface area contributed by atoms with Crippen LogP contribution in [0, 0.1) is 11.3 Å². The molecule has 0 atom stereocenters. The van der Waals surface area contributed by atoms with Crippen LogP contribution in [0.25, 0.3) is 49.7 Å². The van der Waals surface area contributed by atoms with E-state index in [0.29, 0.717) is 5.69 Å². The molecule has 2 aromatic heterocycles. The number of para-hydroxylation sites is 2. The standard InChI is InChI=1S/C30H19N3/c31-19-23-17-16-22(20-32-23)26-11-2-1-10-25(26)21-8-7-9-24(18-21)33-29-14-5-3-12-27(29)28-13-4-6-15-30(28)33/h1-18,20H. The van der Waals surface area contributed by atoms with Gasteiger partial charge in [0.1, 0.15) is 11.8 Å². The second kappa shape index (κ2) is 7.78. The molecule has 0 aliphatic rings. The minimum Gasteiger partial charge on any atom is -0.309 e. The van der Waals surface area contributed by atoms with E-state index in [1.54, 1.807) is 12.3 Å². The molecule has 0 saturated carbocycles. The van der Waals surface area contributed by atoms with Gasteiger partial charge in [0, 0.05) is 28.2 Å². The number of nitriles is 1. The van der Waals surface area contributed by atoms with Crippen LogP contribution in [0.2, 0.25) is 0 Å². The second-order valence-corrected chi connectivity index (χ2v) is 8.01. The van der Waals surface area contributed by atoms with Crippen LogP contribution in [-0.2, 0) is 0 Å². The van der Waals surface area contributed by atoms with E-state index >= 15 is 0 Å². The van der Waals surface area contributed by atoms with Gasteiger partial charge in [-0.15, -0.1) is 0 Å². The zero-order chi connectivity index (χ0) is 22.2. The maximum absolute atomic E-state index is 9.09. The average Bonchev–Trinajstić information content (AvgIpc) is 3.23. The lowest BCUT2D eigenvalue weighted by molar-refractivity contribution is 1.18. The molecule has 0 fully saturated rings. The molecule has 154 valence electrons. The van der Waals surface area contributed by atoms with Gasteiger partial charge in [0.15, 0.2) is 0 Å². The van der Waals surface area contributed by atoms with Crippen LogP contribution in [0.5, 0.6) is 0 Å². The summed E-state index contributed by atoms with van der Waals surface area (Å²) in [4.78, 5) is 4.27. The van der Waals surface area contributed by atoms with E-state index in [9.17, 15) is 0 Å². The molecule has 0 bridgehead atoms. The van der Waals surface area contributed by atoms with Crippen molar-refractivity contribution in [2.75, 3.05) is 0 Å². The van der Waals surface area contributed by atoms with Crippen LogP contribution in [0.15, 0.2) is 115 Å². The van der Waals surface area contributed by atoms with Crippen molar-refractivity contribution in [3.63, 3.8) is 0 Å². The molecule has 4 aromatic carbocycles. The monoisotopic (exact) mass is 421 g/mol. The summed E-state index contributed by atoms with van der Waals surface area (Å²) < 4.78 is 2.33. The molecule has 3 nitrogen and oxygen atoms in total. The van der Waals surface area contributed by atoms with E-state index in [2.05, 4.69) is 107 Å². The molecule has 3 heteroatoms. The van der Waals surface area contributed by atoms with E-state index in [0.717, 1.165) is 27.9 Å². The van der Waals surface area contributed by atoms with Crippen LogP contribution < -0.4 is 0 Å². The quantitative estimate of drug-likeness (QED) is 0.299. The lowest BCUT2D eigenvalue weighted by Gasteiger charge is -2.13. The molecule has 0 amide bonds. The van der Waals surface area contributed by atoms with Gasteiger partial charge in [-0.1, -0.05) is 72.8 Å². The topological polar surface area (TPSA) is 41.6 Å². The minimum atomic E-state index is 0.421. The van der Waals surface area contributed by atoms with Gasteiger partial charge >= 0.3 is 0 Å². The average molecular weight is 422 g/mol. The summed E-state index contributed by atoms with van der Waals surface area (Å²) in [5.74, 6) is 0. The molecule has 0 spiro atoms. The Morgan fingerprint density at radius 1 is 0.606 bits per heavy atom. The van der Waals surface area contributed by atoms with Crippen molar-refractivity contribution in [3.8, 4) is 34.0 Å². The summed E-state index contributed by atoms with van der Waals surface area (Å²) in [5, 5.41) is 11.6. The highest BCUT2D eigenvalue weighted by Gasteiger charge is 2.13. The Labute approximate surface area is 191 Å². The number of benzene rings is 4. The number of hydrogen-bond acceptors (Lipinski definition) is 2.